The number of hydrogen-bond acceptors (Lipinski definition) is 4. The van der Waals surface area contributed by atoms with E-state index in [-0.39, 0.29) is 30.2 Å². The first-order chi connectivity index (χ1) is 12.8. The molecule has 0 atom stereocenters. The predicted octanol–water partition coefficient (Wildman–Crippen LogP) is 5.05. The van der Waals surface area contributed by atoms with Crippen LogP contribution in [0.4, 0.5) is 0 Å². The molecular weight excluding hydrogens is 352 g/mol. The van der Waals surface area contributed by atoms with Gasteiger partial charge in [0.05, 0.1) is 12.5 Å². The van der Waals surface area contributed by atoms with Crippen LogP contribution < -0.4 is 4.74 Å². The van der Waals surface area contributed by atoms with Crippen LogP contribution in [0.5, 0.6) is 5.75 Å². The van der Waals surface area contributed by atoms with E-state index in [0.29, 0.717) is 6.42 Å². The topological polar surface area (TPSA) is 60.4 Å². The van der Waals surface area contributed by atoms with E-state index in [9.17, 15) is 14.4 Å². The number of Topliss-reactive ketones (excluding diaryl/α,β-unsaturated/α-hetero) is 2. The molecule has 1 aliphatic carbocycles. The number of hydrogen-bond donors (Lipinski definition) is 0. The molecule has 0 aromatic heterocycles. The molecule has 28 heavy (non-hydrogen) atoms. The summed E-state index contributed by atoms with van der Waals surface area (Å²) in [6.07, 6.45) is 2.20. The van der Waals surface area contributed by atoms with E-state index in [4.69, 9.17) is 4.74 Å². The molecule has 0 bridgehead atoms. The molecule has 4 nitrogen and oxygen atoms in total. The zero-order valence-electron chi connectivity index (χ0n) is 18.1. The van der Waals surface area contributed by atoms with Crippen LogP contribution in [0.15, 0.2) is 30.3 Å². The van der Waals surface area contributed by atoms with Crippen LogP contribution in [0.3, 0.4) is 0 Å². The molecule has 1 aromatic carbocycles. The van der Waals surface area contributed by atoms with Gasteiger partial charge in [-0.05, 0) is 35.8 Å². The molecule has 0 aliphatic heterocycles. The highest BCUT2D eigenvalue weighted by Gasteiger charge is 2.48. The Hall–Kier alpha value is -2.23. The maximum Gasteiger partial charge on any atom is 0.163 e. The van der Waals surface area contributed by atoms with E-state index in [1.807, 2.05) is 65.8 Å². The van der Waals surface area contributed by atoms with Gasteiger partial charge in [0, 0.05) is 23.7 Å². The van der Waals surface area contributed by atoms with Crippen molar-refractivity contribution in [1.82, 2.24) is 0 Å². The Labute approximate surface area is 168 Å². The van der Waals surface area contributed by atoms with Crippen LogP contribution in [-0.4, -0.2) is 24.5 Å². The van der Waals surface area contributed by atoms with Crippen LogP contribution in [0.1, 0.15) is 66.4 Å². The van der Waals surface area contributed by atoms with Crippen LogP contribution in [-0.2, 0) is 14.4 Å². The minimum Gasteiger partial charge on any atom is -0.497 e. The van der Waals surface area contributed by atoms with Gasteiger partial charge in [0.25, 0.3) is 0 Å². The summed E-state index contributed by atoms with van der Waals surface area (Å²) in [4.78, 5) is 38.8. The third kappa shape index (κ3) is 4.78. The van der Waals surface area contributed by atoms with E-state index in [2.05, 4.69) is 0 Å². The summed E-state index contributed by atoms with van der Waals surface area (Å²) in [5.74, 6) is 0.637. The van der Waals surface area contributed by atoms with Gasteiger partial charge in [-0.3, -0.25) is 14.4 Å². The van der Waals surface area contributed by atoms with Crippen LogP contribution in [0, 0.1) is 16.2 Å². The van der Waals surface area contributed by atoms with Crippen molar-refractivity contribution in [3.63, 3.8) is 0 Å². The molecule has 0 saturated heterocycles. The molecule has 0 unspecified atom stereocenters. The standard InChI is InChI=1S/C24H32O4/c1-22(2,3)20(26)14-24(15-21(27)23(4,5)6)13-17(12-19(24)25)16-8-10-18(28-7)11-9-16/h8-12H,13-15H2,1-7H3. The lowest BCUT2D eigenvalue weighted by Gasteiger charge is -2.32. The highest BCUT2D eigenvalue weighted by atomic mass is 16.5. The van der Waals surface area contributed by atoms with Crippen LogP contribution in [0.25, 0.3) is 5.57 Å². The second kappa shape index (κ2) is 7.65. The number of ether oxygens (including phenoxy) is 1. The van der Waals surface area contributed by atoms with Gasteiger partial charge in [-0.15, -0.1) is 0 Å². The van der Waals surface area contributed by atoms with Gasteiger partial charge in [0.15, 0.2) is 5.78 Å². The van der Waals surface area contributed by atoms with Crippen molar-refractivity contribution < 1.29 is 19.1 Å². The second-order valence-corrected chi connectivity index (χ2v) is 9.92. The lowest BCUT2D eigenvalue weighted by molar-refractivity contribution is -0.139. The van der Waals surface area contributed by atoms with Gasteiger partial charge >= 0.3 is 0 Å². The van der Waals surface area contributed by atoms with Crippen molar-refractivity contribution in [3.05, 3.63) is 35.9 Å². The molecule has 0 radical (unpaired) electrons. The fourth-order valence-corrected chi connectivity index (χ4v) is 3.31. The van der Waals surface area contributed by atoms with Crippen molar-refractivity contribution in [3.8, 4) is 5.75 Å². The normalized spacial score (nSPS) is 16.7. The number of rotatable bonds is 6. The summed E-state index contributed by atoms with van der Waals surface area (Å²) in [6, 6.07) is 7.51. The summed E-state index contributed by atoms with van der Waals surface area (Å²) in [5, 5.41) is 0. The summed E-state index contributed by atoms with van der Waals surface area (Å²) >= 11 is 0. The maximum absolute atomic E-state index is 13.1. The zero-order valence-corrected chi connectivity index (χ0v) is 18.1. The largest absolute Gasteiger partial charge is 0.497 e. The fraction of sp³-hybridized carbons (Fsp3) is 0.542. The van der Waals surface area contributed by atoms with Crippen molar-refractivity contribution in [2.24, 2.45) is 16.2 Å². The first-order valence-corrected chi connectivity index (χ1v) is 9.74. The van der Waals surface area contributed by atoms with Gasteiger partial charge in [-0.2, -0.15) is 0 Å². The summed E-state index contributed by atoms with van der Waals surface area (Å²) in [5.41, 5.74) is -0.301. The van der Waals surface area contributed by atoms with E-state index in [0.717, 1.165) is 16.9 Å². The molecular formula is C24H32O4. The first-order valence-electron chi connectivity index (χ1n) is 9.74. The minimum atomic E-state index is -0.982. The van der Waals surface area contributed by atoms with E-state index >= 15 is 0 Å². The maximum atomic E-state index is 13.1. The van der Waals surface area contributed by atoms with Gasteiger partial charge in [0.1, 0.15) is 17.3 Å². The van der Waals surface area contributed by atoms with E-state index < -0.39 is 16.2 Å². The van der Waals surface area contributed by atoms with Gasteiger partial charge < -0.3 is 4.74 Å². The second-order valence-electron chi connectivity index (χ2n) is 9.92. The first kappa shape index (κ1) is 22.1. The fourth-order valence-electron chi connectivity index (χ4n) is 3.31. The lowest BCUT2D eigenvalue weighted by atomic mass is 9.68. The molecule has 0 amide bonds. The predicted molar refractivity (Wildman–Crippen MR) is 111 cm³/mol. The van der Waals surface area contributed by atoms with E-state index in [1.165, 1.54) is 0 Å². The number of carbonyl (C=O) groups is 3. The Balaban J connectivity index is 2.38. The molecule has 0 heterocycles. The van der Waals surface area contributed by atoms with Crippen LogP contribution in [0.2, 0.25) is 0 Å². The Morgan fingerprint density at radius 2 is 1.39 bits per heavy atom. The van der Waals surface area contributed by atoms with Gasteiger partial charge in [-0.25, -0.2) is 0 Å². The third-order valence-corrected chi connectivity index (χ3v) is 5.49. The zero-order chi connectivity index (χ0) is 21.3. The number of allylic oxidation sites excluding steroid dienone is 2. The number of benzene rings is 1. The quantitative estimate of drug-likeness (QED) is 0.689. The molecule has 1 aromatic rings. The average molecular weight is 385 g/mol. The van der Waals surface area contributed by atoms with Crippen molar-refractivity contribution >= 4 is 22.9 Å². The third-order valence-electron chi connectivity index (χ3n) is 5.49. The average Bonchev–Trinajstić information content (AvgIpc) is 2.89. The molecule has 2 rings (SSSR count). The highest BCUT2D eigenvalue weighted by Crippen LogP contribution is 2.47. The minimum absolute atomic E-state index is 0.00643. The van der Waals surface area contributed by atoms with Crippen molar-refractivity contribution in [2.45, 2.75) is 60.8 Å². The molecule has 0 N–H and O–H groups in total. The Kier molecular flexibility index (Phi) is 6.03. The molecule has 1 aliphatic rings. The molecule has 0 spiro atoms. The summed E-state index contributed by atoms with van der Waals surface area (Å²) in [7, 11) is 1.61. The number of ketones is 3. The molecule has 152 valence electrons. The Morgan fingerprint density at radius 3 is 1.79 bits per heavy atom. The smallest absolute Gasteiger partial charge is 0.163 e. The SMILES string of the molecule is COc1ccc(C2=CC(=O)C(CC(=O)C(C)(C)C)(CC(=O)C(C)(C)C)C2)cc1. The van der Waals surface area contributed by atoms with Crippen LogP contribution >= 0.6 is 0 Å². The van der Waals surface area contributed by atoms with Gasteiger partial charge in [0.2, 0.25) is 0 Å². The monoisotopic (exact) mass is 384 g/mol. The van der Waals surface area contributed by atoms with E-state index in [1.54, 1.807) is 13.2 Å². The van der Waals surface area contributed by atoms with Crippen molar-refractivity contribution in [1.29, 1.82) is 0 Å². The summed E-state index contributed by atoms with van der Waals surface area (Å²) in [6.45, 7) is 11.1. The molecule has 0 fully saturated rings. The Morgan fingerprint density at radius 1 is 0.929 bits per heavy atom. The molecule has 4 heteroatoms. The highest BCUT2D eigenvalue weighted by molar-refractivity contribution is 6.10. The lowest BCUT2D eigenvalue weighted by Crippen LogP contribution is -2.38. The summed E-state index contributed by atoms with van der Waals surface area (Å²) < 4.78 is 5.20. The van der Waals surface area contributed by atoms with Crippen molar-refractivity contribution in [2.75, 3.05) is 7.11 Å². The number of methoxy groups -OCH3 is 1. The Bertz CT molecular complexity index is 770. The molecule has 0 saturated carbocycles. The van der Waals surface area contributed by atoms with Gasteiger partial charge in [-0.1, -0.05) is 53.7 Å². The number of carbonyl (C=O) groups excluding carboxylic acids is 3.